The molecule has 1 aliphatic carbocycles. The molecule has 8 heteroatoms. The summed E-state index contributed by atoms with van der Waals surface area (Å²) >= 11 is 0. The normalized spacial score (nSPS) is 21.1. The highest BCUT2D eigenvalue weighted by Crippen LogP contribution is 2.30. The number of rotatable bonds is 5. The molecule has 28 heavy (non-hydrogen) atoms. The van der Waals surface area contributed by atoms with Gasteiger partial charge in [-0.15, -0.1) is 0 Å². The quantitative estimate of drug-likeness (QED) is 0.679. The van der Waals surface area contributed by atoms with Gasteiger partial charge in [0.05, 0.1) is 17.1 Å². The summed E-state index contributed by atoms with van der Waals surface area (Å²) in [5.74, 6) is -0.110. The van der Waals surface area contributed by atoms with E-state index >= 15 is 0 Å². The topological polar surface area (TPSA) is 104 Å². The number of carbonyl (C=O) groups excluding carboxylic acids is 2. The van der Waals surface area contributed by atoms with Gasteiger partial charge in [-0.1, -0.05) is 25.1 Å². The van der Waals surface area contributed by atoms with Gasteiger partial charge in [-0.05, 0) is 37.6 Å². The van der Waals surface area contributed by atoms with Gasteiger partial charge in [-0.3, -0.25) is 14.9 Å². The Labute approximate surface area is 165 Å². The van der Waals surface area contributed by atoms with Gasteiger partial charge in [0, 0.05) is 23.2 Å². The zero-order valence-electron chi connectivity index (χ0n) is 16.2. The number of hydrogen-bond acceptors (Lipinski definition) is 6. The minimum Gasteiger partial charge on any atom is -0.353 e. The van der Waals surface area contributed by atoms with Crippen LogP contribution >= 0.6 is 0 Å². The van der Waals surface area contributed by atoms with E-state index in [1.807, 2.05) is 26.0 Å². The van der Waals surface area contributed by atoms with Gasteiger partial charge < -0.3 is 10.6 Å². The van der Waals surface area contributed by atoms with Crippen molar-refractivity contribution in [3.8, 4) is 0 Å². The van der Waals surface area contributed by atoms with Crippen molar-refractivity contribution < 1.29 is 18.0 Å². The predicted octanol–water partition coefficient (Wildman–Crippen LogP) is 1.03. The fourth-order valence-electron chi connectivity index (χ4n) is 3.17. The first-order valence-electron chi connectivity index (χ1n) is 9.20. The second-order valence-corrected chi connectivity index (χ2v) is 9.80. The van der Waals surface area contributed by atoms with Crippen molar-refractivity contribution in [3.63, 3.8) is 0 Å². The Morgan fingerprint density at radius 1 is 1.25 bits per heavy atom. The van der Waals surface area contributed by atoms with Gasteiger partial charge in [0.2, 0.25) is 5.91 Å². The van der Waals surface area contributed by atoms with E-state index in [4.69, 9.17) is 0 Å². The second-order valence-electron chi connectivity index (χ2n) is 7.53. The number of amides is 1. The summed E-state index contributed by atoms with van der Waals surface area (Å²) in [6.07, 6.45) is 3.38. The lowest BCUT2D eigenvalue weighted by Gasteiger charge is -2.34. The fraction of sp³-hybridized carbons (Fsp3) is 0.400. The second kappa shape index (κ2) is 7.52. The summed E-state index contributed by atoms with van der Waals surface area (Å²) in [6, 6.07) is 6.34. The molecule has 1 aromatic carbocycles. The van der Waals surface area contributed by atoms with Gasteiger partial charge in [0.25, 0.3) is 0 Å². The van der Waals surface area contributed by atoms with Crippen molar-refractivity contribution in [2.24, 2.45) is 5.41 Å². The average Bonchev–Trinajstić information content (AvgIpc) is 2.65. The number of benzene rings is 1. The zero-order valence-corrected chi connectivity index (χ0v) is 17.0. The maximum absolute atomic E-state index is 12.5. The SMILES string of the molecule is CCS(=O)(=O)c1ccc(CC(=O)NC2NCC3=C(C=CC(C)(C)C3=O)N2)cc1. The van der Waals surface area contributed by atoms with E-state index in [-0.39, 0.29) is 28.8 Å². The number of Topliss-reactive ketones (excluding diaryl/α,β-unsaturated/α-hetero) is 1. The van der Waals surface area contributed by atoms with Crippen LogP contribution in [0, 0.1) is 5.41 Å². The van der Waals surface area contributed by atoms with Gasteiger partial charge >= 0.3 is 0 Å². The summed E-state index contributed by atoms with van der Waals surface area (Å²) in [7, 11) is -3.25. The predicted molar refractivity (Wildman–Crippen MR) is 106 cm³/mol. The molecule has 2 aliphatic rings. The van der Waals surface area contributed by atoms with Crippen LogP contribution in [0.3, 0.4) is 0 Å². The molecule has 0 saturated carbocycles. The molecular formula is C20H25N3O4S. The first kappa shape index (κ1) is 20.3. The average molecular weight is 404 g/mol. The monoisotopic (exact) mass is 403 g/mol. The Hall–Kier alpha value is -2.45. The fourth-order valence-corrected chi connectivity index (χ4v) is 4.05. The van der Waals surface area contributed by atoms with Crippen LogP contribution in [0.2, 0.25) is 0 Å². The molecular weight excluding hydrogens is 378 g/mol. The number of carbonyl (C=O) groups is 2. The number of nitrogens with one attached hydrogen (secondary N) is 3. The molecule has 150 valence electrons. The number of ketones is 1. The highest BCUT2D eigenvalue weighted by molar-refractivity contribution is 7.91. The van der Waals surface area contributed by atoms with Crippen molar-refractivity contribution in [1.29, 1.82) is 0 Å². The Bertz CT molecular complexity index is 960. The summed E-state index contributed by atoms with van der Waals surface area (Å²) < 4.78 is 23.7. The van der Waals surface area contributed by atoms with Crippen molar-refractivity contribution in [1.82, 2.24) is 16.0 Å². The van der Waals surface area contributed by atoms with E-state index in [1.54, 1.807) is 19.1 Å². The lowest BCUT2D eigenvalue weighted by molar-refractivity contribution is -0.121. The number of sulfone groups is 1. The molecule has 0 fully saturated rings. The van der Waals surface area contributed by atoms with E-state index < -0.39 is 21.5 Å². The molecule has 0 spiro atoms. The molecule has 1 amide bonds. The minimum atomic E-state index is -3.25. The summed E-state index contributed by atoms with van der Waals surface area (Å²) in [6.45, 7) is 5.72. The molecule has 1 aliphatic heterocycles. The van der Waals surface area contributed by atoms with Crippen LogP contribution in [-0.2, 0) is 25.8 Å². The molecule has 7 nitrogen and oxygen atoms in total. The lowest BCUT2D eigenvalue weighted by atomic mass is 9.79. The summed E-state index contributed by atoms with van der Waals surface area (Å²) in [5, 5.41) is 9.06. The van der Waals surface area contributed by atoms with Gasteiger partial charge in [-0.25, -0.2) is 8.42 Å². The Morgan fingerprint density at radius 2 is 1.93 bits per heavy atom. The van der Waals surface area contributed by atoms with Gasteiger partial charge in [-0.2, -0.15) is 0 Å². The molecule has 3 rings (SSSR count). The first-order chi connectivity index (χ1) is 13.1. The number of hydrogen-bond donors (Lipinski definition) is 3. The largest absolute Gasteiger partial charge is 0.353 e. The summed E-state index contributed by atoms with van der Waals surface area (Å²) in [4.78, 5) is 25.0. The van der Waals surface area contributed by atoms with Crippen LogP contribution in [0.25, 0.3) is 0 Å². The van der Waals surface area contributed by atoms with Crippen molar-refractivity contribution in [2.45, 2.75) is 38.4 Å². The Kier molecular flexibility index (Phi) is 5.45. The first-order valence-corrected chi connectivity index (χ1v) is 10.9. The third-order valence-electron chi connectivity index (χ3n) is 4.97. The van der Waals surface area contributed by atoms with Gasteiger partial charge in [0.1, 0.15) is 0 Å². The van der Waals surface area contributed by atoms with Crippen LogP contribution < -0.4 is 16.0 Å². The smallest absolute Gasteiger partial charge is 0.227 e. The molecule has 1 unspecified atom stereocenters. The van der Waals surface area contributed by atoms with Crippen molar-refractivity contribution in [3.05, 3.63) is 53.3 Å². The van der Waals surface area contributed by atoms with Gasteiger partial charge in [0.15, 0.2) is 21.9 Å². The third-order valence-corrected chi connectivity index (χ3v) is 6.72. The van der Waals surface area contributed by atoms with Crippen LogP contribution in [-0.4, -0.2) is 38.7 Å². The van der Waals surface area contributed by atoms with E-state index in [1.165, 1.54) is 12.1 Å². The van der Waals surface area contributed by atoms with Crippen molar-refractivity contribution >= 4 is 21.5 Å². The molecule has 0 bridgehead atoms. The molecule has 3 N–H and O–H groups in total. The van der Waals surface area contributed by atoms with Crippen LogP contribution in [0.15, 0.2) is 52.6 Å². The maximum atomic E-state index is 12.5. The molecule has 1 heterocycles. The summed E-state index contributed by atoms with van der Waals surface area (Å²) in [5.41, 5.74) is 1.61. The molecule has 1 aromatic rings. The molecule has 0 saturated heterocycles. The third kappa shape index (κ3) is 4.18. The molecule has 0 radical (unpaired) electrons. The Balaban J connectivity index is 1.60. The molecule has 0 aromatic heterocycles. The van der Waals surface area contributed by atoms with Crippen LogP contribution in [0.4, 0.5) is 0 Å². The highest BCUT2D eigenvalue weighted by atomic mass is 32.2. The van der Waals surface area contributed by atoms with E-state index in [0.29, 0.717) is 12.1 Å². The van der Waals surface area contributed by atoms with E-state index in [2.05, 4.69) is 16.0 Å². The Morgan fingerprint density at radius 3 is 2.57 bits per heavy atom. The van der Waals surface area contributed by atoms with Crippen molar-refractivity contribution in [2.75, 3.05) is 12.3 Å². The van der Waals surface area contributed by atoms with Crippen LogP contribution in [0.5, 0.6) is 0 Å². The van der Waals surface area contributed by atoms with Crippen LogP contribution in [0.1, 0.15) is 26.3 Å². The molecule has 1 atom stereocenters. The van der Waals surface area contributed by atoms with E-state index in [9.17, 15) is 18.0 Å². The lowest BCUT2D eigenvalue weighted by Crippen LogP contribution is -2.59. The number of allylic oxidation sites excluding steroid dienone is 2. The maximum Gasteiger partial charge on any atom is 0.227 e. The zero-order chi connectivity index (χ0) is 20.5. The van der Waals surface area contributed by atoms with E-state index in [0.717, 1.165) is 11.3 Å². The standard InChI is InChI=1S/C20H25N3O4S/c1-4-28(26,27)14-7-5-13(6-8-14)11-17(24)23-19-21-12-15-16(22-19)9-10-20(2,3)18(15)25/h5-10,19,21-22H,4,11-12H2,1-3H3,(H,23,24). The minimum absolute atomic E-state index is 0.0395. The highest BCUT2D eigenvalue weighted by Gasteiger charge is 2.35.